The Kier molecular flexibility index (Phi) is 8.06. The molecule has 3 aromatic carbocycles. The predicted octanol–water partition coefficient (Wildman–Crippen LogP) is 5.95. The average molecular weight is 573 g/mol. The first-order valence-electron chi connectivity index (χ1n) is 11.2. The number of rotatable bonds is 6. The van der Waals surface area contributed by atoms with Crippen LogP contribution in [0.5, 0.6) is 5.75 Å². The van der Waals surface area contributed by atoms with Gasteiger partial charge in [-0.15, -0.1) is 0 Å². The highest BCUT2D eigenvalue weighted by Gasteiger charge is 2.37. The summed E-state index contributed by atoms with van der Waals surface area (Å²) in [6.07, 6.45) is 1.25. The number of urea groups is 1. The van der Waals surface area contributed by atoms with Gasteiger partial charge in [0.25, 0.3) is 17.7 Å². The van der Waals surface area contributed by atoms with Gasteiger partial charge in [0.2, 0.25) is 0 Å². The summed E-state index contributed by atoms with van der Waals surface area (Å²) in [5, 5.41) is 5.31. The Bertz CT molecular complexity index is 1480. The number of amides is 5. The number of carbonyl (C=O) groups is 4. The maximum absolute atomic E-state index is 13.2. The molecule has 0 aromatic heterocycles. The van der Waals surface area contributed by atoms with Crippen LogP contribution in [0.1, 0.15) is 16.7 Å². The van der Waals surface area contributed by atoms with Crippen molar-refractivity contribution in [1.82, 2.24) is 5.32 Å². The van der Waals surface area contributed by atoms with Crippen molar-refractivity contribution in [2.75, 3.05) is 16.8 Å². The number of benzene rings is 3. The fraction of sp³-hybridized carbons (Fsp3) is 0.111. The molecule has 1 saturated heterocycles. The second-order valence-corrected chi connectivity index (χ2v) is 9.58. The smallest absolute Gasteiger partial charge is 0.335 e. The third-order valence-electron chi connectivity index (χ3n) is 5.60. The van der Waals surface area contributed by atoms with E-state index in [0.29, 0.717) is 21.8 Å². The molecule has 8 nitrogen and oxygen atoms in total. The van der Waals surface area contributed by atoms with Crippen molar-refractivity contribution in [2.24, 2.45) is 0 Å². The number of barbiturate groups is 1. The van der Waals surface area contributed by atoms with Crippen molar-refractivity contribution in [3.8, 4) is 5.75 Å². The van der Waals surface area contributed by atoms with Crippen LogP contribution in [0, 0.1) is 13.8 Å². The number of hydrogen-bond acceptors (Lipinski definition) is 5. The number of carbonyl (C=O) groups excluding carboxylic acids is 4. The maximum atomic E-state index is 13.2. The molecule has 194 valence electrons. The van der Waals surface area contributed by atoms with Gasteiger partial charge < -0.3 is 10.1 Å². The molecule has 38 heavy (non-hydrogen) atoms. The molecule has 1 aliphatic heterocycles. The van der Waals surface area contributed by atoms with Crippen LogP contribution in [0.3, 0.4) is 0 Å². The fourth-order valence-corrected chi connectivity index (χ4v) is 4.44. The second kappa shape index (κ2) is 11.3. The highest BCUT2D eigenvalue weighted by Crippen LogP contribution is 2.35. The quantitative estimate of drug-likeness (QED) is 0.281. The van der Waals surface area contributed by atoms with E-state index in [4.69, 9.17) is 39.5 Å². The second-order valence-electron chi connectivity index (χ2n) is 8.36. The number of ether oxygens (including phenoxy) is 1. The monoisotopic (exact) mass is 571 g/mol. The summed E-state index contributed by atoms with van der Waals surface area (Å²) in [5.41, 5.74) is 2.38. The molecular formula is C27H20Cl3N3O5. The fourth-order valence-electron chi connectivity index (χ4n) is 3.65. The van der Waals surface area contributed by atoms with Crippen LogP contribution in [-0.4, -0.2) is 30.4 Å². The molecule has 11 heteroatoms. The van der Waals surface area contributed by atoms with Crippen LogP contribution in [0.25, 0.3) is 6.08 Å². The summed E-state index contributed by atoms with van der Waals surface area (Å²) in [5.74, 6) is -2.08. The van der Waals surface area contributed by atoms with Crippen LogP contribution in [0.4, 0.5) is 16.2 Å². The molecule has 0 atom stereocenters. The van der Waals surface area contributed by atoms with Crippen molar-refractivity contribution in [1.29, 1.82) is 0 Å². The topological polar surface area (TPSA) is 105 Å². The first kappa shape index (κ1) is 27.2. The standard InChI is InChI=1S/C27H20Cl3N3O5/c1-14-6-8-17(9-7-14)31-23(34)13-38-24-20(29)11-16(12-21(24)30)10-18-25(35)32-27(37)33(26(18)36)22-5-3-4-19(28)15(22)2/h3-12H,13H2,1-2H3,(H,31,34)(H,32,35,37)/b18-10+. The minimum absolute atomic E-state index is 0.0507. The highest BCUT2D eigenvalue weighted by molar-refractivity contribution is 6.40. The highest BCUT2D eigenvalue weighted by atomic mass is 35.5. The van der Waals surface area contributed by atoms with Crippen molar-refractivity contribution >= 4 is 76.0 Å². The summed E-state index contributed by atoms with van der Waals surface area (Å²) in [4.78, 5) is 51.3. The zero-order valence-electron chi connectivity index (χ0n) is 20.1. The molecule has 4 rings (SSSR count). The minimum Gasteiger partial charge on any atom is -0.481 e. The molecule has 1 aliphatic rings. The van der Waals surface area contributed by atoms with Gasteiger partial charge in [-0.3, -0.25) is 19.7 Å². The van der Waals surface area contributed by atoms with Crippen molar-refractivity contribution in [2.45, 2.75) is 13.8 Å². The van der Waals surface area contributed by atoms with Gasteiger partial charge in [-0.25, -0.2) is 9.69 Å². The number of hydrogen-bond donors (Lipinski definition) is 2. The van der Waals surface area contributed by atoms with Gasteiger partial charge in [0, 0.05) is 10.7 Å². The Morgan fingerprint density at radius 2 is 1.63 bits per heavy atom. The molecule has 3 aromatic rings. The van der Waals surface area contributed by atoms with Gasteiger partial charge in [-0.05, 0) is 67.4 Å². The molecule has 2 N–H and O–H groups in total. The Labute approximate surface area is 233 Å². The van der Waals surface area contributed by atoms with Crippen LogP contribution >= 0.6 is 34.8 Å². The zero-order chi connectivity index (χ0) is 27.6. The normalized spacial score (nSPS) is 14.5. The Morgan fingerprint density at radius 3 is 2.29 bits per heavy atom. The Balaban J connectivity index is 1.54. The lowest BCUT2D eigenvalue weighted by Crippen LogP contribution is -2.54. The van der Waals surface area contributed by atoms with Gasteiger partial charge in [-0.2, -0.15) is 0 Å². The third kappa shape index (κ3) is 5.83. The van der Waals surface area contributed by atoms with E-state index in [1.807, 2.05) is 19.1 Å². The van der Waals surface area contributed by atoms with E-state index in [0.717, 1.165) is 10.5 Å². The molecular weight excluding hydrogens is 553 g/mol. The molecule has 0 spiro atoms. The average Bonchev–Trinajstić information content (AvgIpc) is 2.85. The van der Waals surface area contributed by atoms with Crippen molar-refractivity contribution in [3.05, 3.63) is 91.9 Å². The third-order valence-corrected chi connectivity index (χ3v) is 6.57. The number of nitrogens with one attached hydrogen (secondary N) is 2. The van der Waals surface area contributed by atoms with E-state index in [-0.39, 0.29) is 33.7 Å². The minimum atomic E-state index is -0.897. The Morgan fingerprint density at radius 1 is 0.974 bits per heavy atom. The van der Waals surface area contributed by atoms with Crippen molar-refractivity contribution < 1.29 is 23.9 Å². The molecule has 0 unspecified atom stereocenters. The van der Waals surface area contributed by atoms with Gasteiger partial charge in [0.15, 0.2) is 12.4 Å². The van der Waals surface area contributed by atoms with Crippen LogP contribution in [0.15, 0.2) is 60.2 Å². The molecule has 0 aliphatic carbocycles. The van der Waals surface area contributed by atoms with Crippen LogP contribution in [-0.2, 0) is 14.4 Å². The van der Waals surface area contributed by atoms with Gasteiger partial charge in [-0.1, -0.05) is 58.6 Å². The van der Waals surface area contributed by atoms with Crippen LogP contribution in [0.2, 0.25) is 15.1 Å². The summed E-state index contributed by atoms with van der Waals surface area (Å²) in [7, 11) is 0. The summed E-state index contributed by atoms with van der Waals surface area (Å²) >= 11 is 18.8. The molecule has 0 saturated carbocycles. The van der Waals surface area contributed by atoms with E-state index < -0.39 is 23.8 Å². The summed E-state index contributed by atoms with van der Waals surface area (Å²) in [6.45, 7) is 3.23. The van der Waals surface area contributed by atoms with E-state index in [1.165, 1.54) is 18.2 Å². The van der Waals surface area contributed by atoms with Crippen LogP contribution < -0.4 is 20.3 Å². The molecule has 1 heterocycles. The van der Waals surface area contributed by atoms with E-state index in [9.17, 15) is 19.2 Å². The number of aryl methyl sites for hydroxylation is 1. The first-order valence-corrected chi connectivity index (χ1v) is 12.3. The molecule has 0 bridgehead atoms. The van der Waals surface area contributed by atoms with E-state index >= 15 is 0 Å². The van der Waals surface area contributed by atoms with Gasteiger partial charge >= 0.3 is 6.03 Å². The summed E-state index contributed by atoms with van der Waals surface area (Å²) in [6, 6.07) is 13.9. The zero-order valence-corrected chi connectivity index (χ0v) is 22.4. The lowest BCUT2D eigenvalue weighted by molar-refractivity contribution is -0.122. The molecule has 5 amide bonds. The van der Waals surface area contributed by atoms with E-state index in [1.54, 1.807) is 37.3 Å². The summed E-state index contributed by atoms with van der Waals surface area (Å²) < 4.78 is 5.52. The van der Waals surface area contributed by atoms with E-state index in [2.05, 4.69) is 10.6 Å². The lowest BCUT2D eigenvalue weighted by atomic mass is 10.1. The maximum Gasteiger partial charge on any atom is 0.335 e. The lowest BCUT2D eigenvalue weighted by Gasteiger charge is -2.27. The number of imide groups is 2. The molecule has 0 radical (unpaired) electrons. The largest absolute Gasteiger partial charge is 0.481 e. The molecule has 1 fully saturated rings. The van der Waals surface area contributed by atoms with Gasteiger partial charge in [0.05, 0.1) is 15.7 Å². The SMILES string of the molecule is Cc1ccc(NC(=O)COc2c(Cl)cc(/C=C3\C(=O)NC(=O)N(c4cccc(Cl)c4C)C3=O)cc2Cl)cc1. The number of halogens is 3. The first-order chi connectivity index (χ1) is 18.0. The van der Waals surface area contributed by atoms with Gasteiger partial charge in [0.1, 0.15) is 5.57 Å². The number of anilines is 2. The van der Waals surface area contributed by atoms with Crippen molar-refractivity contribution in [3.63, 3.8) is 0 Å². The predicted molar refractivity (Wildman–Crippen MR) is 147 cm³/mol. The number of nitrogens with zero attached hydrogens (tertiary/aromatic N) is 1. The Hall–Kier alpha value is -3.85.